The third-order valence-corrected chi connectivity index (χ3v) is 4.94. The number of carbonyl (C=O) groups is 1. The minimum absolute atomic E-state index is 0.100. The van der Waals surface area contributed by atoms with Crippen LogP contribution in [0.1, 0.15) is 34.6 Å². The van der Waals surface area contributed by atoms with Crippen molar-refractivity contribution in [3.8, 4) is 5.88 Å². The third kappa shape index (κ3) is 4.55. The Balaban J connectivity index is 1.91. The first-order valence-corrected chi connectivity index (χ1v) is 9.32. The Morgan fingerprint density at radius 3 is 2.33 bits per heavy atom. The van der Waals surface area contributed by atoms with Crippen LogP contribution in [0.2, 0.25) is 20.4 Å². The summed E-state index contributed by atoms with van der Waals surface area (Å²) >= 11 is 23.8. The van der Waals surface area contributed by atoms with Gasteiger partial charge in [0.15, 0.2) is 0 Å². The molecule has 0 aliphatic carbocycles. The van der Waals surface area contributed by atoms with Gasteiger partial charge < -0.3 is 4.74 Å². The maximum absolute atomic E-state index is 12.5. The van der Waals surface area contributed by atoms with Crippen LogP contribution in [0.3, 0.4) is 0 Å². The van der Waals surface area contributed by atoms with Crippen molar-refractivity contribution in [2.45, 2.75) is 19.9 Å². The number of halogens is 4. The van der Waals surface area contributed by atoms with E-state index >= 15 is 0 Å². The summed E-state index contributed by atoms with van der Waals surface area (Å²) in [7, 11) is 0. The summed E-state index contributed by atoms with van der Waals surface area (Å²) in [5.41, 5.74) is 1.74. The number of rotatable bonds is 4. The van der Waals surface area contributed by atoms with E-state index in [1.807, 2.05) is 13.0 Å². The molecule has 9 heteroatoms. The van der Waals surface area contributed by atoms with E-state index in [9.17, 15) is 4.79 Å². The van der Waals surface area contributed by atoms with Gasteiger partial charge in [-0.2, -0.15) is 5.10 Å². The Bertz CT molecular complexity index is 1000. The van der Waals surface area contributed by atoms with Crippen molar-refractivity contribution in [1.82, 2.24) is 14.8 Å². The molecule has 0 spiro atoms. The number of nitrogens with zero attached hydrogens (tertiary/aromatic N) is 3. The molecule has 1 unspecified atom stereocenters. The topological polar surface area (TPSA) is 57.0 Å². The molecule has 0 fully saturated rings. The van der Waals surface area contributed by atoms with Gasteiger partial charge in [0.25, 0.3) is 0 Å². The van der Waals surface area contributed by atoms with Crippen LogP contribution in [0, 0.1) is 6.92 Å². The molecule has 0 N–H and O–H groups in total. The molecule has 0 radical (unpaired) electrons. The van der Waals surface area contributed by atoms with Gasteiger partial charge in [0, 0.05) is 6.07 Å². The van der Waals surface area contributed by atoms with E-state index in [0.29, 0.717) is 15.7 Å². The fourth-order valence-corrected chi connectivity index (χ4v) is 3.26. The van der Waals surface area contributed by atoms with E-state index in [1.54, 1.807) is 29.8 Å². The predicted molar refractivity (Wildman–Crippen MR) is 106 cm³/mol. The van der Waals surface area contributed by atoms with Gasteiger partial charge in [0.05, 0.1) is 27.3 Å². The molecular weight excluding hydrogens is 432 g/mol. The van der Waals surface area contributed by atoms with E-state index < -0.39 is 5.97 Å². The van der Waals surface area contributed by atoms with E-state index in [4.69, 9.17) is 51.1 Å². The van der Waals surface area contributed by atoms with E-state index in [2.05, 4.69) is 10.1 Å². The second kappa shape index (κ2) is 8.07. The van der Waals surface area contributed by atoms with Crippen LogP contribution in [0.25, 0.3) is 0 Å². The number of ether oxygens (including phenoxy) is 1. The molecule has 0 aliphatic heterocycles. The summed E-state index contributed by atoms with van der Waals surface area (Å²) in [5.74, 6) is -0.344. The molecule has 1 aromatic carbocycles. The molecule has 0 saturated carbocycles. The van der Waals surface area contributed by atoms with Gasteiger partial charge >= 0.3 is 5.97 Å². The minimum atomic E-state index is -0.622. The molecule has 27 heavy (non-hydrogen) atoms. The van der Waals surface area contributed by atoms with Crippen LogP contribution >= 0.6 is 46.4 Å². The minimum Gasteiger partial charge on any atom is -0.404 e. The molecule has 0 aliphatic rings. The second-order valence-electron chi connectivity index (χ2n) is 5.81. The van der Waals surface area contributed by atoms with E-state index in [0.717, 1.165) is 5.56 Å². The van der Waals surface area contributed by atoms with Gasteiger partial charge in [0.1, 0.15) is 10.3 Å². The summed E-state index contributed by atoms with van der Waals surface area (Å²) < 4.78 is 7.11. The summed E-state index contributed by atoms with van der Waals surface area (Å²) in [6.45, 7) is 3.71. The molecule has 2 aromatic heterocycles. The molecule has 1 atom stereocenters. The lowest BCUT2D eigenvalue weighted by Gasteiger charge is -2.16. The summed E-state index contributed by atoms with van der Waals surface area (Å²) in [6, 6.07) is 9.47. The number of hydrogen-bond donors (Lipinski definition) is 0. The van der Waals surface area contributed by atoms with Gasteiger partial charge in [-0.25, -0.2) is 14.5 Å². The summed E-state index contributed by atoms with van der Waals surface area (Å²) in [6.07, 6.45) is 0. The standard InChI is InChI=1S/C18H13Cl4N3O2/c1-9-5-17(27-18(26)12-7-15(21)23-16(22)8-12)25(24-9)10(2)11-3-4-13(19)14(20)6-11/h3-8,10H,1-2H3. The third-order valence-electron chi connectivity index (χ3n) is 3.81. The zero-order valence-electron chi connectivity index (χ0n) is 14.2. The van der Waals surface area contributed by atoms with Crippen LogP contribution < -0.4 is 4.74 Å². The van der Waals surface area contributed by atoms with Crippen molar-refractivity contribution < 1.29 is 9.53 Å². The number of carbonyl (C=O) groups excluding carboxylic acids is 1. The van der Waals surface area contributed by atoms with Crippen LogP contribution in [-0.2, 0) is 0 Å². The predicted octanol–water partition coefficient (Wildman–Crippen LogP) is 6.03. The molecule has 5 nitrogen and oxygen atoms in total. The highest BCUT2D eigenvalue weighted by Gasteiger charge is 2.20. The lowest BCUT2D eigenvalue weighted by atomic mass is 10.1. The Morgan fingerprint density at radius 2 is 1.70 bits per heavy atom. The Morgan fingerprint density at radius 1 is 1.04 bits per heavy atom. The largest absolute Gasteiger partial charge is 0.404 e. The SMILES string of the molecule is Cc1cc(OC(=O)c2cc(Cl)nc(Cl)c2)n(C(C)c2ccc(Cl)c(Cl)c2)n1. The first kappa shape index (κ1) is 20.0. The number of aromatic nitrogens is 3. The van der Waals surface area contributed by atoms with Crippen molar-refractivity contribution in [1.29, 1.82) is 0 Å². The Kier molecular flexibility index (Phi) is 5.96. The quantitative estimate of drug-likeness (QED) is 0.364. The highest BCUT2D eigenvalue weighted by molar-refractivity contribution is 6.42. The van der Waals surface area contributed by atoms with Crippen molar-refractivity contribution in [3.05, 3.63) is 73.6 Å². The molecule has 0 saturated heterocycles. The maximum Gasteiger partial charge on any atom is 0.345 e. The fraction of sp³-hybridized carbons (Fsp3) is 0.167. The average Bonchev–Trinajstić information content (AvgIpc) is 2.96. The number of esters is 1. The number of pyridine rings is 1. The first-order valence-electron chi connectivity index (χ1n) is 7.81. The van der Waals surface area contributed by atoms with Crippen molar-refractivity contribution in [3.63, 3.8) is 0 Å². The van der Waals surface area contributed by atoms with Crippen LogP contribution in [-0.4, -0.2) is 20.7 Å². The molecule has 3 aromatic rings. The molecular formula is C18H13Cl4N3O2. The highest BCUT2D eigenvalue weighted by atomic mass is 35.5. The fourth-order valence-electron chi connectivity index (χ4n) is 2.50. The first-order chi connectivity index (χ1) is 12.7. The van der Waals surface area contributed by atoms with Gasteiger partial charge in [0.2, 0.25) is 5.88 Å². The normalized spacial score (nSPS) is 12.1. The summed E-state index contributed by atoms with van der Waals surface area (Å²) in [4.78, 5) is 16.3. The monoisotopic (exact) mass is 443 g/mol. The van der Waals surface area contributed by atoms with Gasteiger partial charge in [-0.3, -0.25) is 0 Å². The zero-order chi connectivity index (χ0) is 19.7. The molecule has 0 amide bonds. The van der Waals surface area contributed by atoms with Gasteiger partial charge in [-0.05, 0) is 43.7 Å². The Labute approximate surface area is 175 Å². The van der Waals surface area contributed by atoms with Crippen molar-refractivity contribution in [2.24, 2.45) is 0 Å². The molecule has 3 rings (SSSR count). The van der Waals surface area contributed by atoms with Crippen molar-refractivity contribution >= 4 is 52.4 Å². The van der Waals surface area contributed by atoms with E-state index in [-0.39, 0.29) is 27.8 Å². The van der Waals surface area contributed by atoms with Gasteiger partial charge in [-0.1, -0.05) is 52.5 Å². The van der Waals surface area contributed by atoms with Crippen LogP contribution in [0.5, 0.6) is 5.88 Å². The lowest BCUT2D eigenvalue weighted by molar-refractivity contribution is 0.0716. The lowest BCUT2D eigenvalue weighted by Crippen LogP contribution is -2.15. The smallest absolute Gasteiger partial charge is 0.345 e. The zero-order valence-corrected chi connectivity index (χ0v) is 17.2. The summed E-state index contributed by atoms with van der Waals surface area (Å²) in [5, 5.41) is 5.52. The van der Waals surface area contributed by atoms with Crippen LogP contribution in [0.4, 0.5) is 0 Å². The Hall–Kier alpha value is -1.79. The highest BCUT2D eigenvalue weighted by Crippen LogP contribution is 2.30. The number of aryl methyl sites for hydroxylation is 1. The molecule has 2 heterocycles. The number of hydrogen-bond acceptors (Lipinski definition) is 4. The van der Waals surface area contributed by atoms with Gasteiger partial charge in [-0.15, -0.1) is 0 Å². The van der Waals surface area contributed by atoms with E-state index in [1.165, 1.54) is 12.1 Å². The van der Waals surface area contributed by atoms with Crippen LogP contribution in [0.15, 0.2) is 36.4 Å². The maximum atomic E-state index is 12.5. The average molecular weight is 445 g/mol. The molecule has 140 valence electrons. The van der Waals surface area contributed by atoms with Crippen molar-refractivity contribution in [2.75, 3.05) is 0 Å². The second-order valence-corrected chi connectivity index (χ2v) is 7.40. The number of benzene rings is 1. The molecule has 0 bridgehead atoms.